The van der Waals surface area contributed by atoms with Gasteiger partial charge in [-0.2, -0.15) is 0 Å². The number of carbonyl (C=O) groups excluding carboxylic acids is 2. The highest BCUT2D eigenvalue weighted by atomic mass is 16.1. The highest BCUT2D eigenvalue weighted by Crippen LogP contribution is 2.33. The van der Waals surface area contributed by atoms with Crippen LogP contribution in [0.4, 0.5) is 0 Å². The van der Waals surface area contributed by atoms with Crippen molar-refractivity contribution in [2.24, 2.45) is 5.41 Å². The summed E-state index contributed by atoms with van der Waals surface area (Å²) in [5.74, 6) is 0.0891. The van der Waals surface area contributed by atoms with Crippen LogP contribution < -0.4 is 0 Å². The molecule has 0 aliphatic heterocycles. The zero-order chi connectivity index (χ0) is 20.8. The summed E-state index contributed by atoms with van der Waals surface area (Å²) in [5, 5.41) is 0. The molecule has 2 heteroatoms. The number of allylic oxidation sites excluding steroid dienone is 4. The van der Waals surface area contributed by atoms with Crippen LogP contribution in [0.1, 0.15) is 124 Å². The van der Waals surface area contributed by atoms with Gasteiger partial charge in [0, 0.05) is 11.1 Å². The first-order valence-electron chi connectivity index (χ1n) is 11.9. The molecule has 0 aromatic heterocycles. The van der Waals surface area contributed by atoms with Gasteiger partial charge in [0.25, 0.3) is 0 Å². The van der Waals surface area contributed by atoms with Gasteiger partial charge in [0.05, 0.1) is 0 Å². The lowest BCUT2D eigenvalue weighted by atomic mass is 9.76. The molecule has 2 nitrogen and oxygen atoms in total. The van der Waals surface area contributed by atoms with Crippen LogP contribution in [0, 0.1) is 5.41 Å². The Kier molecular flexibility index (Phi) is 12.3. The van der Waals surface area contributed by atoms with Crippen LogP contribution in [-0.2, 0) is 9.59 Å². The third-order valence-corrected chi connectivity index (χ3v) is 6.33. The topological polar surface area (TPSA) is 34.1 Å². The Bertz CT molecular complexity index is 537. The summed E-state index contributed by atoms with van der Waals surface area (Å²) in [6.45, 7) is 8.40. The SMILES string of the molecule is CCCCCCCCCCCCCCCC1=CC(=O)C(C(C)(C)CC)=CC1=O. The zero-order valence-electron chi connectivity index (χ0n) is 19.1. The number of hydrogen-bond donors (Lipinski definition) is 0. The molecule has 0 spiro atoms. The molecule has 0 bridgehead atoms. The van der Waals surface area contributed by atoms with Crippen molar-refractivity contribution in [3.63, 3.8) is 0 Å². The van der Waals surface area contributed by atoms with Gasteiger partial charge in [0.15, 0.2) is 11.6 Å². The summed E-state index contributed by atoms with van der Waals surface area (Å²) in [6.07, 6.45) is 22.0. The largest absolute Gasteiger partial charge is 0.290 e. The first kappa shape index (κ1) is 24.9. The standard InChI is InChI=1S/C26H44O2/c1-5-7-8-9-10-11-12-13-14-15-16-17-18-19-22-20-25(28)23(21-24(22)27)26(3,4)6-2/h20-21H,5-19H2,1-4H3. The van der Waals surface area contributed by atoms with E-state index in [-0.39, 0.29) is 17.0 Å². The minimum atomic E-state index is -0.218. The summed E-state index contributed by atoms with van der Waals surface area (Å²) in [6, 6.07) is 0. The average molecular weight is 389 g/mol. The second-order valence-corrected chi connectivity index (χ2v) is 9.19. The molecule has 0 heterocycles. The summed E-state index contributed by atoms with van der Waals surface area (Å²) >= 11 is 0. The van der Waals surface area contributed by atoms with Crippen LogP contribution in [0.15, 0.2) is 23.3 Å². The van der Waals surface area contributed by atoms with Crippen molar-refractivity contribution in [2.45, 2.75) is 124 Å². The number of carbonyl (C=O) groups is 2. The molecule has 160 valence electrons. The van der Waals surface area contributed by atoms with Crippen molar-refractivity contribution >= 4 is 11.6 Å². The Morgan fingerprint density at radius 2 is 1.11 bits per heavy atom. The van der Waals surface area contributed by atoms with E-state index in [1.165, 1.54) is 70.6 Å². The van der Waals surface area contributed by atoms with Crippen LogP contribution in [0.25, 0.3) is 0 Å². The predicted molar refractivity (Wildman–Crippen MR) is 121 cm³/mol. The second kappa shape index (κ2) is 13.9. The monoisotopic (exact) mass is 388 g/mol. The summed E-state index contributed by atoms with van der Waals surface area (Å²) in [7, 11) is 0. The molecule has 0 saturated heterocycles. The lowest BCUT2D eigenvalue weighted by Crippen LogP contribution is -2.24. The molecule has 0 aromatic rings. The van der Waals surface area contributed by atoms with Crippen LogP contribution in [0.2, 0.25) is 0 Å². The zero-order valence-corrected chi connectivity index (χ0v) is 19.1. The maximum absolute atomic E-state index is 12.4. The minimum Gasteiger partial charge on any atom is -0.290 e. The minimum absolute atomic E-state index is 0.0381. The van der Waals surface area contributed by atoms with Crippen molar-refractivity contribution in [1.82, 2.24) is 0 Å². The van der Waals surface area contributed by atoms with Gasteiger partial charge in [-0.15, -0.1) is 0 Å². The summed E-state index contributed by atoms with van der Waals surface area (Å²) in [4.78, 5) is 24.8. The van der Waals surface area contributed by atoms with Crippen LogP contribution >= 0.6 is 0 Å². The molecule has 0 saturated carbocycles. The summed E-state index contributed by atoms with van der Waals surface area (Å²) < 4.78 is 0. The molecule has 28 heavy (non-hydrogen) atoms. The first-order chi connectivity index (χ1) is 13.4. The van der Waals surface area contributed by atoms with E-state index < -0.39 is 0 Å². The van der Waals surface area contributed by atoms with Crippen LogP contribution in [0.5, 0.6) is 0 Å². The number of hydrogen-bond acceptors (Lipinski definition) is 2. The molecule has 1 aliphatic rings. The lowest BCUT2D eigenvalue weighted by molar-refractivity contribution is -0.116. The molecule has 1 rings (SSSR count). The van der Waals surface area contributed by atoms with E-state index in [0.29, 0.717) is 11.1 Å². The van der Waals surface area contributed by atoms with E-state index in [9.17, 15) is 9.59 Å². The summed E-state index contributed by atoms with van der Waals surface area (Å²) in [5.41, 5.74) is 1.17. The van der Waals surface area contributed by atoms with Crippen LogP contribution in [0.3, 0.4) is 0 Å². The van der Waals surface area contributed by atoms with E-state index in [1.54, 1.807) is 12.2 Å². The Morgan fingerprint density at radius 1 is 0.643 bits per heavy atom. The molecule has 0 fully saturated rings. The Labute approximate surface area is 174 Å². The predicted octanol–water partition coefficient (Wildman–Crippen LogP) is 7.91. The van der Waals surface area contributed by atoms with Gasteiger partial charge in [0.1, 0.15) is 0 Å². The fourth-order valence-corrected chi connectivity index (χ4v) is 3.85. The Balaban J connectivity index is 2.09. The molecule has 0 amide bonds. The van der Waals surface area contributed by atoms with Gasteiger partial charge in [0.2, 0.25) is 0 Å². The van der Waals surface area contributed by atoms with Gasteiger partial charge in [-0.25, -0.2) is 0 Å². The van der Waals surface area contributed by atoms with Gasteiger partial charge < -0.3 is 0 Å². The first-order valence-corrected chi connectivity index (χ1v) is 11.9. The van der Waals surface area contributed by atoms with Crippen LogP contribution in [-0.4, -0.2) is 11.6 Å². The number of unbranched alkanes of at least 4 members (excludes halogenated alkanes) is 12. The van der Waals surface area contributed by atoms with Gasteiger partial charge in [-0.1, -0.05) is 105 Å². The smallest absolute Gasteiger partial charge is 0.182 e. The quantitative estimate of drug-likeness (QED) is 0.199. The number of ketones is 2. The van der Waals surface area contributed by atoms with E-state index in [0.717, 1.165) is 25.7 Å². The molecule has 1 aliphatic carbocycles. The fraction of sp³-hybridized carbons (Fsp3) is 0.769. The Hall–Kier alpha value is -1.18. The Morgan fingerprint density at radius 3 is 1.57 bits per heavy atom. The van der Waals surface area contributed by atoms with E-state index in [2.05, 4.69) is 13.8 Å². The fourth-order valence-electron chi connectivity index (χ4n) is 3.85. The second-order valence-electron chi connectivity index (χ2n) is 9.19. The molecule has 0 atom stereocenters. The van der Waals surface area contributed by atoms with Crippen molar-refractivity contribution in [3.05, 3.63) is 23.3 Å². The van der Waals surface area contributed by atoms with E-state index in [1.807, 2.05) is 13.8 Å². The van der Waals surface area contributed by atoms with Crippen molar-refractivity contribution in [3.8, 4) is 0 Å². The molecular weight excluding hydrogens is 344 g/mol. The van der Waals surface area contributed by atoms with Gasteiger partial charge in [-0.3, -0.25) is 9.59 Å². The maximum Gasteiger partial charge on any atom is 0.182 e. The average Bonchev–Trinajstić information content (AvgIpc) is 2.67. The molecular formula is C26H44O2. The van der Waals surface area contributed by atoms with Crippen molar-refractivity contribution in [2.75, 3.05) is 0 Å². The number of rotatable bonds is 16. The highest BCUT2D eigenvalue weighted by Gasteiger charge is 2.30. The van der Waals surface area contributed by atoms with E-state index >= 15 is 0 Å². The van der Waals surface area contributed by atoms with Gasteiger partial charge >= 0.3 is 0 Å². The maximum atomic E-state index is 12.4. The third kappa shape index (κ3) is 9.34. The molecule has 0 N–H and O–H groups in total. The van der Waals surface area contributed by atoms with E-state index in [4.69, 9.17) is 0 Å². The molecule has 0 radical (unpaired) electrons. The van der Waals surface area contributed by atoms with Crippen molar-refractivity contribution in [1.29, 1.82) is 0 Å². The third-order valence-electron chi connectivity index (χ3n) is 6.33. The normalized spacial score (nSPS) is 15.0. The molecule has 0 aromatic carbocycles. The van der Waals surface area contributed by atoms with Crippen molar-refractivity contribution < 1.29 is 9.59 Å². The molecule has 0 unspecified atom stereocenters. The van der Waals surface area contributed by atoms with Gasteiger partial charge in [-0.05, 0) is 36.8 Å². The lowest BCUT2D eigenvalue weighted by Gasteiger charge is -2.26. The highest BCUT2D eigenvalue weighted by molar-refractivity contribution is 6.20.